The van der Waals surface area contributed by atoms with Crippen LogP contribution in [0.3, 0.4) is 0 Å². The van der Waals surface area contributed by atoms with E-state index in [1.54, 1.807) is 41.3 Å². The number of rotatable bonds is 8. The largest absolute Gasteiger partial charge is 0.490 e. The molecule has 0 unspecified atom stereocenters. The highest BCUT2D eigenvalue weighted by Gasteiger charge is 2.38. The second-order valence-electron chi connectivity index (χ2n) is 10.3. The van der Waals surface area contributed by atoms with Gasteiger partial charge in [-0.2, -0.15) is 0 Å². The number of piperidine rings is 1. The number of imide groups is 1. The van der Waals surface area contributed by atoms with Crippen molar-refractivity contribution in [1.82, 2.24) is 15.3 Å². The molecule has 39 heavy (non-hydrogen) atoms. The molecule has 11 heteroatoms. The Kier molecular flexibility index (Phi) is 8.29. The Morgan fingerprint density at radius 1 is 1.05 bits per heavy atom. The third-order valence-corrected chi connectivity index (χ3v) is 6.20. The number of hydrogen-bond donors (Lipinski definition) is 2. The van der Waals surface area contributed by atoms with Crippen LogP contribution in [0, 0.1) is 5.41 Å². The van der Waals surface area contributed by atoms with Crippen molar-refractivity contribution in [3.63, 3.8) is 0 Å². The highest BCUT2D eigenvalue weighted by molar-refractivity contribution is 6.20. The van der Waals surface area contributed by atoms with E-state index in [-0.39, 0.29) is 35.7 Å². The number of nitrogens with zero attached hydrogens (tertiary/aromatic N) is 2. The van der Waals surface area contributed by atoms with E-state index in [0.29, 0.717) is 48.6 Å². The number of ether oxygens (including phenoxy) is 2. The molecular weight excluding hydrogens is 504 g/mol. The summed E-state index contributed by atoms with van der Waals surface area (Å²) in [6.07, 6.45) is 0.355. The zero-order valence-electron chi connectivity index (χ0n) is 22.1. The fraction of sp³-hybridized carbons (Fsp3) is 0.393. The Labute approximate surface area is 226 Å². The van der Waals surface area contributed by atoms with Gasteiger partial charge in [-0.3, -0.25) is 15.0 Å². The van der Waals surface area contributed by atoms with Crippen molar-refractivity contribution in [3.05, 3.63) is 65.2 Å². The minimum atomic E-state index is -1.18. The van der Waals surface area contributed by atoms with Crippen molar-refractivity contribution >= 4 is 30.0 Å². The zero-order chi connectivity index (χ0) is 28.2. The molecule has 0 saturated carbocycles. The molecule has 0 radical (unpaired) electrons. The van der Waals surface area contributed by atoms with E-state index in [2.05, 4.69) is 5.32 Å². The summed E-state index contributed by atoms with van der Waals surface area (Å²) in [4.78, 5) is 55.7. The first-order valence-corrected chi connectivity index (χ1v) is 12.7. The molecule has 0 aliphatic carbocycles. The average molecular weight is 537 g/mol. The SMILES string of the molecule is CC(C)(C)OC(=O)N1CCC(NC(=N)c2ccc(OC[C@@H](C=O)ON3C(=O)c4ccccc4C3=O)cc2)CC1. The minimum absolute atomic E-state index is 0.0553. The number of carbonyl (C=O) groups excluding carboxylic acids is 4. The molecule has 2 heterocycles. The van der Waals surface area contributed by atoms with Crippen molar-refractivity contribution < 1.29 is 33.5 Å². The Bertz CT molecular complexity index is 1210. The molecule has 1 fully saturated rings. The van der Waals surface area contributed by atoms with E-state index in [0.717, 1.165) is 0 Å². The smallest absolute Gasteiger partial charge is 0.410 e. The van der Waals surface area contributed by atoms with Crippen LogP contribution in [0.4, 0.5) is 4.79 Å². The van der Waals surface area contributed by atoms with Gasteiger partial charge < -0.3 is 24.5 Å². The molecule has 1 atom stereocenters. The first kappa shape index (κ1) is 27.8. The fourth-order valence-corrected chi connectivity index (χ4v) is 4.21. The summed E-state index contributed by atoms with van der Waals surface area (Å²) < 4.78 is 11.0. The first-order valence-electron chi connectivity index (χ1n) is 12.7. The quantitative estimate of drug-likeness (QED) is 0.227. The number of amidine groups is 1. The van der Waals surface area contributed by atoms with Crippen LogP contribution in [-0.2, 0) is 14.4 Å². The van der Waals surface area contributed by atoms with Gasteiger partial charge in [0.15, 0.2) is 12.4 Å². The van der Waals surface area contributed by atoms with E-state index in [1.807, 2.05) is 20.8 Å². The predicted octanol–water partition coefficient (Wildman–Crippen LogP) is 3.18. The van der Waals surface area contributed by atoms with E-state index < -0.39 is 23.5 Å². The first-order chi connectivity index (χ1) is 18.6. The summed E-state index contributed by atoms with van der Waals surface area (Å²) in [5.74, 6) is -0.589. The third kappa shape index (κ3) is 6.80. The molecule has 1 saturated heterocycles. The minimum Gasteiger partial charge on any atom is -0.490 e. The van der Waals surface area contributed by atoms with Gasteiger partial charge in [0.25, 0.3) is 11.8 Å². The van der Waals surface area contributed by atoms with E-state index in [9.17, 15) is 19.2 Å². The van der Waals surface area contributed by atoms with Crippen LogP contribution < -0.4 is 10.1 Å². The number of hydrogen-bond acceptors (Lipinski definition) is 8. The summed E-state index contributed by atoms with van der Waals surface area (Å²) in [5.41, 5.74) is 0.539. The van der Waals surface area contributed by atoms with Crippen LogP contribution in [0.5, 0.6) is 5.75 Å². The van der Waals surface area contributed by atoms with Crippen molar-refractivity contribution in [1.29, 1.82) is 5.41 Å². The molecule has 11 nitrogen and oxygen atoms in total. The topological polar surface area (TPSA) is 138 Å². The Morgan fingerprint density at radius 2 is 1.64 bits per heavy atom. The van der Waals surface area contributed by atoms with Crippen LogP contribution in [0.2, 0.25) is 0 Å². The highest BCUT2D eigenvalue weighted by Crippen LogP contribution is 2.23. The summed E-state index contributed by atoms with van der Waals surface area (Å²) in [7, 11) is 0. The van der Waals surface area contributed by atoms with Crippen LogP contribution in [0.25, 0.3) is 0 Å². The molecule has 2 aromatic rings. The van der Waals surface area contributed by atoms with Gasteiger partial charge >= 0.3 is 6.09 Å². The van der Waals surface area contributed by atoms with Crippen molar-refractivity contribution in [2.45, 2.75) is 51.4 Å². The van der Waals surface area contributed by atoms with Crippen molar-refractivity contribution in [2.75, 3.05) is 19.7 Å². The summed E-state index contributed by atoms with van der Waals surface area (Å²) in [6, 6.07) is 13.1. The highest BCUT2D eigenvalue weighted by atomic mass is 16.7. The molecule has 0 bridgehead atoms. The monoisotopic (exact) mass is 536 g/mol. The number of fused-ring (bicyclic) bond motifs is 1. The van der Waals surface area contributed by atoms with Gasteiger partial charge in [-0.1, -0.05) is 12.1 Å². The molecule has 0 spiro atoms. The van der Waals surface area contributed by atoms with Crippen molar-refractivity contribution in [2.24, 2.45) is 0 Å². The lowest BCUT2D eigenvalue weighted by Crippen LogP contribution is -2.47. The normalized spacial score (nSPS) is 16.5. The second-order valence-corrected chi connectivity index (χ2v) is 10.3. The van der Waals surface area contributed by atoms with E-state index in [1.165, 1.54) is 12.1 Å². The fourth-order valence-electron chi connectivity index (χ4n) is 4.21. The molecule has 206 valence electrons. The molecule has 2 aliphatic heterocycles. The Hall–Kier alpha value is -4.25. The lowest BCUT2D eigenvalue weighted by Gasteiger charge is -2.34. The molecule has 0 aromatic heterocycles. The lowest BCUT2D eigenvalue weighted by molar-refractivity contribution is -0.152. The predicted molar refractivity (Wildman–Crippen MR) is 141 cm³/mol. The number of nitrogens with one attached hydrogen (secondary N) is 2. The second kappa shape index (κ2) is 11.6. The molecule has 2 aliphatic rings. The Morgan fingerprint density at radius 3 is 2.18 bits per heavy atom. The molecular formula is C28H32N4O7. The maximum absolute atomic E-state index is 12.4. The number of aldehydes is 1. The van der Waals surface area contributed by atoms with Gasteiger partial charge in [-0.05, 0) is 70.0 Å². The summed E-state index contributed by atoms with van der Waals surface area (Å²) >= 11 is 0. The summed E-state index contributed by atoms with van der Waals surface area (Å²) in [6.45, 7) is 6.39. The third-order valence-electron chi connectivity index (χ3n) is 6.20. The zero-order valence-corrected chi connectivity index (χ0v) is 22.1. The van der Waals surface area contributed by atoms with Crippen LogP contribution in [0.1, 0.15) is 59.9 Å². The van der Waals surface area contributed by atoms with Gasteiger partial charge in [0, 0.05) is 24.7 Å². The van der Waals surface area contributed by atoms with E-state index >= 15 is 0 Å². The van der Waals surface area contributed by atoms with Crippen LogP contribution >= 0.6 is 0 Å². The number of hydroxylamine groups is 2. The van der Waals surface area contributed by atoms with Gasteiger partial charge in [0.05, 0.1) is 11.1 Å². The van der Waals surface area contributed by atoms with E-state index in [4.69, 9.17) is 19.7 Å². The average Bonchev–Trinajstić information content (AvgIpc) is 3.15. The maximum atomic E-state index is 12.4. The van der Waals surface area contributed by atoms with Crippen molar-refractivity contribution in [3.8, 4) is 5.75 Å². The number of carbonyl (C=O) groups is 4. The van der Waals surface area contributed by atoms with Gasteiger partial charge in [-0.15, -0.1) is 5.06 Å². The number of amides is 3. The lowest BCUT2D eigenvalue weighted by atomic mass is 10.0. The molecule has 2 aromatic carbocycles. The van der Waals surface area contributed by atoms with Gasteiger partial charge in [-0.25, -0.2) is 9.63 Å². The van der Waals surface area contributed by atoms with Crippen LogP contribution in [0.15, 0.2) is 48.5 Å². The molecule has 4 rings (SSSR count). The van der Waals surface area contributed by atoms with Gasteiger partial charge in [0.2, 0.25) is 0 Å². The number of benzene rings is 2. The molecule has 3 amide bonds. The number of likely N-dealkylation sites (tertiary alicyclic amines) is 1. The molecule has 2 N–H and O–H groups in total. The Balaban J connectivity index is 1.23. The van der Waals surface area contributed by atoms with Gasteiger partial charge in [0.1, 0.15) is 23.8 Å². The maximum Gasteiger partial charge on any atom is 0.410 e. The summed E-state index contributed by atoms with van der Waals surface area (Å²) in [5, 5.41) is 12.2. The van der Waals surface area contributed by atoms with Crippen LogP contribution in [-0.4, -0.2) is 77.4 Å². The standard InChI is InChI=1S/C28H32N4O7/c1-28(2,3)38-27(36)31-14-12-19(13-15-31)30-24(29)18-8-10-20(11-9-18)37-17-21(16-33)39-32-25(34)22-6-4-5-7-23(22)26(32)35/h4-11,16,19,21H,12-15,17H2,1-3H3,(H2,29,30)/t21-/m1/s1.